The van der Waals surface area contributed by atoms with Crippen LogP contribution in [0.5, 0.6) is 0 Å². The molecule has 5 heteroatoms. The van der Waals surface area contributed by atoms with Gasteiger partial charge in [-0.15, -0.1) is 11.3 Å². The van der Waals surface area contributed by atoms with Crippen LogP contribution in [-0.4, -0.2) is 23.3 Å². The third-order valence-corrected chi connectivity index (χ3v) is 6.31. The number of hydrogen-bond donors (Lipinski definition) is 1. The maximum Gasteiger partial charge on any atom is 0.270 e. The van der Waals surface area contributed by atoms with Gasteiger partial charge in [0.05, 0.1) is 0 Å². The highest BCUT2D eigenvalue weighted by atomic mass is 32.1. The van der Waals surface area contributed by atoms with Crippen molar-refractivity contribution < 1.29 is 9.59 Å². The van der Waals surface area contributed by atoms with Crippen LogP contribution in [-0.2, 0) is 17.8 Å². The van der Waals surface area contributed by atoms with E-state index in [0.717, 1.165) is 28.0 Å². The summed E-state index contributed by atoms with van der Waals surface area (Å²) in [6.45, 7) is 5.18. The smallest absolute Gasteiger partial charge is 0.270 e. The van der Waals surface area contributed by atoms with Crippen LogP contribution < -0.4 is 5.32 Å². The molecule has 1 aromatic heterocycles. The molecule has 0 saturated heterocycles. The standard InChI is InChI=1S/C25H24N2O2S/c1-17-9-10-20(14-18(17)2)24(28)26-23(15-22-8-5-13-30-22)25(29)27-12-11-19-6-3-4-7-21(19)16-27/h3-10,13-15H,11-12,16H2,1-2H3,(H,26,28). The van der Waals surface area contributed by atoms with Crippen molar-refractivity contribution in [3.8, 4) is 0 Å². The Balaban J connectivity index is 1.59. The zero-order valence-electron chi connectivity index (χ0n) is 17.1. The molecule has 0 spiro atoms. The lowest BCUT2D eigenvalue weighted by Gasteiger charge is -2.29. The molecule has 3 aromatic rings. The molecule has 0 atom stereocenters. The number of amides is 2. The molecule has 0 aliphatic carbocycles. The van der Waals surface area contributed by atoms with Gasteiger partial charge in [0.15, 0.2) is 0 Å². The van der Waals surface area contributed by atoms with Gasteiger partial charge in [0, 0.05) is 23.5 Å². The maximum absolute atomic E-state index is 13.4. The fraction of sp³-hybridized carbons (Fsp3) is 0.200. The highest BCUT2D eigenvalue weighted by Gasteiger charge is 2.25. The highest BCUT2D eigenvalue weighted by Crippen LogP contribution is 2.21. The largest absolute Gasteiger partial charge is 0.333 e. The van der Waals surface area contributed by atoms with Crippen molar-refractivity contribution in [3.05, 3.63) is 98.4 Å². The number of carbonyl (C=O) groups is 2. The van der Waals surface area contributed by atoms with Crippen LogP contribution >= 0.6 is 11.3 Å². The lowest BCUT2D eigenvalue weighted by Crippen LogP contribution is -2.41. The number of nitrogens with zero attached hydrogens (tertiary/aromatic N) is 1. The third kappa shape index (κ3) is 4.36. The first kappa shape index (κ1) is 20.1. The zero-order chi connectivity index (χ0) is 21.1. The van der Waals surface area contributed by atoms with E-state index in [1.54, 1.807) is 12.1 Å². The molecule has 0 saturated carbocycles. The second kappa shape index (κ2) is 8.67. The number of fused-ring (bicyclic) bond motifs is 1. The second-order valence-electron chi connectivity index (χ2n) is 7.57. The van der Waals surface area contributed by atoms with Gasteiger partial charge in [-0.1, -0.05) is 36.4 Å². The van der Waals surface area contributed by atoms with Crippen molar-refractivity contribution in [3.63, 3.8) is 0 Å². The lowest BCUT2D eigenvalue weighted by molar-refractivity contribution is -0.128. The van der Waals surface area contributed by atoms with Crippen LogP contribution in [0.3, 0.4) is 0 Å². The molecule has 0 unspecified atom stereocenters. The van der Waals surface area contributed by atoms with E-state index in [9.17, 15) is 9.59 Å². The Bertz CT molecular complexity index is 1120. The Morgan fingerprint density at radius 2 is 1.80 bits per heavy atom. The lowest BCUT2D eigenvalue weighted by atomic mass is 9.99. The van der Waals surface area contributed by atoms with Crippen LogP contribution in [0.4, 0.5) is 0 Å². The first-order valence-corrected chi connectivity index (χ1v) is 10.9. The first-order valence-electron chi connectivity index (χ1n) is 10.0. The number of hydrogen-bond acceptors (Lipinski definition) is 3. The van der Waals surface area contributed by atoms with E-state index in [2.05, 4.69) is 17.4 Å². The molecule has 1 aliphatic heterocycles. The Labute approximate surface area is 180 Å². The number of benzene rings is 2. The van der Waals surface area contributed by atoms with Crippen molar-refractivity contribution in [2.45, 2.75) is 26.8 Å². The predicted molar refractivity (Wildman–Crippen MR) is 121 cm³/mol. The van der Waals surface area contributed by atoms with Gasteiger partial charge in [-0.3, -0.25) is 9.59 Å². The first-order chi connectivity index (χ1) is 14.5. The molecule has 1 aliphatic rings. The Morgan fingerprint density at radius 3 is 2.53 bits per heavy atom. The molecule has 0 fully saturated rings. The van der Waals surface area contributed by atoms with Gasteiger partial charge < -0.3 is 10.2 Å². The van der Waals surface area contributed by atoms with Crippen molar-refractivity contribution in [1.29, 1.82) is 0 Å². The summed E-state index contributed by atoms with van der Waals surface area (Å²) in [5.41, 5.74) is 5.47. The summed E-state index contributed by atoms with van der Waals surface area (Å²) in [4.78, 5) is 29.0. The van der Waals surface area contributed by atoms with E-state index in [-0.39, 0.29) is 11.8 Å². The normalized spacial score (nSPS) is 13.7. The molecule has 1 N–H and O–H groups in total. The van der Waals surface area contributed by atoms with Gasteiger partial charge in [-0.05, 0) is 72.2 Å². The van der Waals surface area contributed by atoms with Crippen LogP contribution in [0.25, 0.3) is 6.08 Å². The number of thiophene rings is 1. The van der Waals surface area contributed by atoms with Gasteiger partial charge in [0.2, 0.25) is 0 Å². The van der Waals surface area contributed by atoms with Crippen LogP contribution in [0, 0.1) is 13.8 Å². The fourth-order valence-corrected chi connectivity index (χ4v) is 4.24. The van der Waals surface area contributed by atoms with Gasteiger partial charge in [-0.25, -0.2) is 0 Å². The van der Waals surface area contributed by atoms with E-state index >= 15 is 0 Å². The topological polar surface area (TPSA) is 49.4 Å². The molecule has 2 heterocycles. The fourth-order valence-electron chi connectivity index (χ4n) is 3.58. The summed E-state index contributed by atoms with van der Waals surface area (Å²) in [6, 6.07) is 17.6. The van der Waals surface area contributed by atoms with E-state index in [1.807, 2.05) is 60.5 Å². The number of carbonyl (C=O) groups excluding carboxylic acids is 2. The van der Waals surface area contributed by atoms with Gasteiger partial charge in [-0.2, -0.15) is 0 Å². The minimum atomic E-state index is -0.272. The van der Waals surface area contributed by atoms with Crippen molar-refractivity contribution in [1.82, 2.24) is 10.2 Å². The zero-order valence-corrected chi connectivity index (χ0v) is 18.0. The van der Waals surface area contributed by atoms with E-state index in [4.69, 9.17) is 0 Å². The molecule has 2 aromatic carbocycles. The van der Waals surface area contributed by atoms with Gasteiger partial charge >= 0.3 is 0 Å². The SMILES string of the molecule is Cc1ccc(C(=O)NC(=Cc2cccs2)C(=O)N2CCc3ccccc3C2)cc1C. The van der Waals surface area contributed by atoms with Crippen LogP contribution in [0.2, 0.25) is 0 Å². The average molecular weight is 417 g/mol. The predicted octanol–water partition coefficient (Wildman–Crippen LogP) is 4.72. The van der Waals surface area contributed by atoms with E-state index in [1.165, 1.54) is 16.9 Å². The minimum Gasteiger partial charge on any atom is -0.333 e. The molecular weight excluding hydrogens is 392 g/mol. The van der Waals surface area contributed by atoms with Crippen molar-refractivity contribution in [2.24, 2.45) is 0 Å². The number of aryl methyl sites for hydroxylation is 2. The Hall–Kier alpha value is -3.18. The molecule has 0 bridgehead atoms. The number of rotatable bonds is 4. The minimum absolute atomic E-state index is 0.157. The van der Waals surface area contributed by atoms with Crippen LogP contribution in [0.1, 0.15) is 37.5 Å². The summed E-state index contributed by atoms with van der Waals surface area (Å²) in [5.74, 6) is -0.429. The van der Waals surface area contributed by atoms with Crippen LogP contribution in [0.15, 0.2) is 65.7 Å². The number of nitrogens with one attached hydrogen (secondary N) is 1. The van der Waals surface area contributed by atoms with E-state index < -0.39 is 0 Å². The summed E-state index contributed by atoms with van der Waals surface area (Å²) >= 11 is 1.53. The maximum atomic E-state index is 13.4. The average Bonchev–Trinajstić information content (AvgIpc) is 3.27. The molecule has 152 valence electrons. The summed E-state index contributed by atoms with van der Waals surface area (Å²) in [6.07, 6.45) is 2.59. The second-order valence-corrected chi connectivity index (χ2v) is 8.55. The molecule has 0 radical (unpaired) electrons. The molecule has 2 amide bonds. The molecule has 4 nitrogen and oxygen atoms in total. The van der Waals surface area contributed by atoms with Crippen molar-refractivity contribution in [2.75, 3.05) is 6.54 Å². The molecular formula is C25H24N2O2S. The Kier molecular flexibility index (Phi) is 5.81. The molecule has 4 rings (SSSR count). The van der Waals surface area contributed by atoms with Gasteiger partial charge in [0.1, 0.15) is 5.70 Å². The molecule has 30 heavy (non-hydrogen) atoms. The quantitative estimate of drug-likeness (QED) is 0.626. The Morgan fingerprint density at radius 1 is 1.00 bits per heavy atom. The summed E-state index contributed by atoms with van der Waals surface area (Å²) in [7, 11) is 0. The summed E-state index contributed by atoms with van der Waals surface area (Å²) in [5, 5.41) is 4.83. The third-order valence-electron chi connectivity index (χ3n) is 5.50. The highest BCUT2D eigenvalue weighted by molar-refractivity contribution is 7.10. The monoisotopic (exact) mass is 416 g/mol. The van der Waals surface area contributed by atoms with E-state index in [0.29, 0.717) is 24.4 Å². The van der Waals surface area contributed by atoms with Crippen molar-refractivity contribution >= 4 is 29.2 Å². The summed E-state index contributed by atoms with van der Waals surface area (Å²) < 4.78 is 0. The van der Waals surface area contributed by atoms with Gasteiger partial charge in [0.25, 0.3) is 11.8 Å².